The van der Waals surface area contributed by atoms with Gasteiger partial charge in [-0.05, 0) is 49.2 Å². The molecule has 22 heavy (non-hydrogen) atoms. The Hall–Kier alpha value is -2.20. The first-order chi connectivity index (χ1) is 10.7. The summed E-state index contributed by atoms with van der Waals surface area (Å²) in [4.78, 5) is 30.7. The SMILES string of the molecule is O=C(c1ccc(Cl)cc1)c1cccnc1N1CCCCC1=O. The van der Waals surface area contributed by atoms with Gasteiger partial charge in [-0.2, -0.15) is 0 Å². The predicted molar refractivity (Wildman–Crippen MR) is 85.3 cm³/mol. The van der Waals surface area contributed by atoms with Crippen LogP contribution in [0.2, 0.25) is 5.02 Å². The van der Waals surface area contributed by atoms with Gasteiger partial charge in [-0.1, -0.05) is 11.6 Å². The molecule has 1 aromatic heterocycles. The average Bonchev–Trinajstić information content (AvgIpc) is 2.55. The number of hydrogen-bond donors (Lipinski definition) is 0. The molecule has 112 valence electrons. The minimum atomic E-state index is -0.154. The third-order valence-electron chi connectivity index (χ3n) is 3.72. The molecule has 1 fully saturated rings. The third-order valence-corrected chi connectivity index (χ3v) is 3.97. The van der Waals surface area contributed by atoms with E-state index in [9.17, 15) is 9.59 Å². The van der Waals surface area contributed by atoms with Crippen LogP contribution < -0.4 is 4.90 Å². The lowest BCUT2D eigenvalue weighted by molar-refractivity contribution is -0.119. The first-order valence-corrected chi connectivity index (χ1v) is 7.60. The molecule has 0 radical (unpaired) electrons. The van der Waals surface area contributed by atoms with Crippen molar-refractivity contribution in [3.8, 4) is 0 Å². The number of anilines is 1. The Labute approximate surface area is 133 Å². The Balaban J connectivity index is 1.98. The minimum absolute atomic E-state index is 0.0232. The van der Waals surface area contributed by atoms with E-state index in [0.29, 0.717) is 34.9 Å². The summed E-state index contributed by atoms with van der Waals surface area (Å²) in [6.07, 6.45) is 3.93. The largest absolute Gasteiger partial charge is 0.296 e. The van der Waals surface area contributed by atoms with Crippen LogP contribution in [0.1, 0.15) is 35.2 Å². The van der Waals surface area contributed by atoms with Crippen molar-refractivity contribution in [3.05, 3.63) is 58.7 Å². The molecule has 1 amide bonds. The van der Waals surface area contributed by atoms with Gasteiger partial charge in [0.15, 0.2) is 5.78 Å². The van der Waals surface area contributed by atoms with Crippen LogP contribution in [0.5, 0.6) is 0 Å². The molecule has 0 atom stereocenters. The summed E-state index contributed by atoms with van der Waals surface area (Å²) in [7, 11) is 0. The Morgan fingerprint density at radius 3 is 2.64 bits per heavy atom. The van der Waals surface area contributed by atoms with Gasteiger partial charge >= 0.3 is 0 Å². The molecule has 0 N–H and O–H groups in total. The summed E-state index contributed by atoms with van der Waals surface area (Å²) in [5.41, 5.74) is 0.975. The van der Waals surface area contributed by atoms with E-state index in [1.807, 2.05) is 0 Å². The summed E-state index contributed by atoms with van der Waals surface area (Å²) in [5.74, 6) is 0.320. The maximum absolute atomic E-state index is 12.7. The zero-order valence-electron chi connectivity index (χ0n) is 12.0. The molecular formula is C17H15ClN2O2. The van der Waals surface area contributed by atoms with Gasteiger partial charge in [0.1, 0.15) is 5.82 Å². The number of ketones is 1. The van der Waals surface area contributed by atoms with E-state index in [1.165, 1.54) is 0 Å². The number of benzene rings is 1. The predicted octanol–water partition coefficient (Wildman–Crippen LogP) is 3.48. The summed E-state index contributed by atoms with van der Waals surface area (Å²) in [6, 6.07) is 10.1. The second-order valence-corrected chi connectivity index (χ2v) is 5.65. The van der Waals surface area contributed by atoms with E-state index >= 15 is 0 Å². The van der Waals surface area contributed by atoms with Crippen molar-refractivity contribution in [2.75, 3.05) is 11.4 Å². The van der Waals surface area contributed by atoms with Crippen molar-refractivity contribution in [1.82, 2.24) is 4.98 Å². The smallest absolute Gasteiger partial charge is 0.228 e. The second kappa shape index (κ2) is 6.28. The third kappa shape index (κ3) is 2.88. The number of nitrogens with zero attached hydrogens (tertiary/aromatic N) is 2. The Morgan fingerprint density at radius 1 is 1.14 bits per heavy atom. The fourth-order valence-electron chi connectivity index (χ4n) is 2.58. The zero-order chi connectivity index (χ0) is 15.5. The number of rotatable bonds is 3. The fourth-order valence-corrected chi connectivity index (χ4v) is 2.70. The number of piperidine rings is 1. The van der Waals surface area contributed by atoms with Gasteiger partial charge in [0.25, 0.3) is 0 Å². The quantitative estimate of drug-likeness (QED) is 0.815. The van der Waals surface area contributed by atoms with Crippen LogP contribution in [0, 0.1) is 0 Å². The number of carbonyl (C=O) groups excluding carboxylic acids is 2. The van der Waals surface area contributed by atoms with Crippen molar-refractivity contribution in [1.29, 1.82) is 0 Å². The first-order valence-electron chi connectivity index (χ1n) is 7.22. The molecule has 0 unspecified atom stereocenters. The molecule has 1 aliphatic heterocycles. The molecule has 1 aliphatic rings. The monoisotopic (exact) mass is 314 g/mol. The van der Waals surface area contributed by atoms with E-state index in [1.54, 1.807) is 47.5 Å². The van der Waals surface area contributed by atoms with E-state index in [-0.39, 0.29) is 11.7 Å². The number of aromatic nitrogens is 1. The van der Waals surface area contributed by atoms with Gasteiger partial charge in [-0.3, -0.25) is 14.5 Å². The lowest BCUT2D eigenvalue weighted by Gasteiger charge is -2.27. The van der Waals surface area contributed by atoms with Gasteiger partial charge in [0, 0.05) is 29.7 Å². The van der Waals surface area contributed by atoms with Crippen LogP contribution >= 0.6 is 11.6 Å². The maximum atomic E-state index is 12.7. The maximum Gasteiger partial charge on any atom is 0.228 e. The molecule has 0 saturated carbocycles. The molecule has 1 saturated heterocycles. The van der Waals surface area contributed by atoms with E-state index in [0.717, 1.165) is 12.8 Å². The minimum Gasteiger partial charge on any atom is -0.296 e. The number of hydrogen-bond acceptors (Lipinski definition) is 3. The summed E-state index contributed by atoms with van der Waals surface area (Å²) < 4.78 is 0. The van der Waals surface area contributed by atoms with E-state index in [2.05, 4.69) is 4.98 Å². The van der Waals surface area contributed by atoms with Crippen molar-refractivity contribution in [2.45, 2.75) is 19.3 Å². The first kappa shape index (κ1) is 14.7. The topological polar surface area (TPSA) is 50.3 Å². The van der Waals surface area contributed by atoms with Crippen LogP contribution in [-0.4, -0.2) is 23.2 Å². The van der Waals surface area contributed by atoms with Gasteiger partial charge in [0.2, 0.25) is 5.91 Å². The number of carbonyl (C=O) groups is 2. The van der Waals surface area contributed by atoms with Gasteiger partial charge in [-0.15, -0.1) is 0 Å². The normalized spacial score (nSPS) is 15.0. The lowest BCUT2D eigenvalue weighted by atomic mass is 10.0. The van der Waals surface area contributed by atoms with Crippen molar-refractivity contribution < 1.29 is 9.59 Å². The Morgan fingerprint density at radius 2 is 1.91 bits per heavy atom. The molecule has 1 aromatic carbocycles. The van der Waals surface area contributed by atoms with Crippen LogP contribution in [0.4, 0.5) is 5.82 Å². The van der Waals surface area contributed by atoms with Crippen LogP contribution in [0.25, 0.3) is 0 Å². The Kier molecular flexibility index (Phi) is 4.20. The second-order valence-electron chi connectivity index (χ2n) is 5.21. The highest BCUT2D eigenvalue weighted by atomic mass is 35.5. The highest BCUT2D eigenvalue weighted by molar-refractivity contribution is 6.30. The standard InChI is InChI=1S/C17H15ClN2O2/c18-13-8-6-12(7-9-13)16(22)14-4-3-10-19-17(14)20-11-2-1-5-15(20)21/h3-4,6-10H,1-2,5,11H2. The Bertz CT molecular complexity index is 713. The molecular weight excluding hydrogens is 300 g/mol. The van der Waals surface area contributed by atoms with Gasteiger partial charge < -0.3 is 0 Å². The zero-order valence-corrected chi connectivity index (χ0v) is 12.7. The van der Waals surface area contributed by atoms with E-state index < -0.39 is 0 Å². The molecule has 3 rings (SSSR count). The number of amides is 1. The summed E-state index contributed by atoms with van der Waals surface area (Å²) in [5, 5.41) is 0.578. The van der Waals surface area contributed by atoms with Crippen LogP contribution in [0.3, 0.4) is 0 Å². The van der Waals surface area contributed by atoms with Crippen LogP contribution in [-0.2, 0) is 4.79 Å². The average molecular weight is 315 g/mol. The summed E-state index contributed by atoms with van der Waals surface area (Å²) in [6.45, 7) is 0.608. The molecule has 0 aliphatic carbocycles. The molecule has 2 aromatic rings. The highest BCUT2D eigenvalue weighted by Gasteiger charge is 2.25. The van der Waals surface area contributed by atoms with Gasteiger partial charge in [-0.25, -0.2) is 4.98 Å². The molecule has 0 spiro atoms. The number of pyridine rings is 1. The van der Waals surface area contributed by atoms with E-state index in [4.69, 9.17) is 11.6 Å². The highest BCUT2D eigenvalue weighted by Crippen LogP contribution is 2.25. The fraction of sp³-hybridized carbons (Fsp3) is 0.235. The van der Waals surface area contributed by atoms with Gasteiger partial charge in [0.05, 0.1) is 5.56 Å². The van der Waals surface area contributed by atoms with Crippen molar-refractivity contribution >= 4 is 29.1 Å². The molecule has 0 bridgehead atoms. The lowest BCUT2D eigenvalue weighted by Crippen LogP contribution is -2.37. The number of halogens is 1. The molecule has 5 heteroatoms. The van der Waals surface area contributed by atoms with Crippen molar-refractivity contribution in [3.63, 3.8) is 0 Å². The summed E-state index contributed by atoms with van der Waals surface area (Å²) >= 11 is 5.86. The molecule has 2 heterocycles. The van der Waals surface area contributed by atoms with Crippen molar-refractivity contribution in [2.24, 2.45) is 0 Å². The molecule has 4 nitrogen and oxygen atoms in total. The van der Waals surface area contributed by atoms with Crippen LogP contribution in [0.15, 0.2) is 42.6 Å².